The van der Waals surface area contributed by atoms with Crippen molar-refractivity contribution in [2.45, 2.75) is 24.1 Å². The zero-order valence-corrected chi connectivity index (χ0v) is 15.0. The SMILES string of the molecule is CC(Br)C1(c2ccc(N3Cc4ccccc4C3=O)cc2)OCCO1. The summed E-state index contributed by atoms with van der Waals surface area (Å²) in [7, 11) is 0. The Kier molecular flexibility index (Phi) is 3.95. The molecule has 1 fully saturated rings. The third-order valence-corrected chi connectivity index (χ3v) is 5.25. The number of anilines is 1. The molecule has 0 aliphatic carbocycles. The van der Waals surface area contributed by atoms with E-state index < -0.39 is 5.79 Å². The number of carbonyl (C=O) groups is 1. The number of carbonyl (C=O) groups excluding carboxylic acids is 1. The van der Waals surface area contributed by atoms with Gasteiger partial charge in [0.25, 0.3) is 5.91 Å². The van der Waals surface area contributed by atoms with Crippen molar-refractivity contribution in [3.8, 4) is 0 Å². The molecule has 0 aromatic heterocycles. The first-order valence-electron chi connectivity index (χ1n) is 8.04. The van der Waals surface area contributed by atoms with Crippen molar-refractivity contribution in [2.24, 2.45) is 0 Å². The Morgan fingerprint density at radius 3 is 2.38 bits per heavy atom. The van der Waals surface area contributed by atoms with Crippen LogP contribution in [0.1, 0.15) is 28.4 Å². The monoisotopic (exact) mass is 387 g/mol. The van der Waals surface area contributed by atoms with E-state index in [0.29, 0.717) is 19.8 Å². The summed E-state index contributed by atoms with van der Waals surface area (Å²) in [4.78, 5) is 14.4. The predicted molar refractivity (Wildman–Crippen MR) is 95.4 cm³/mol. The number of halogens is 1. The summed E-state index contributed by atoms with van der Waals surface area (Å²) in [6.07, 6.45) is 0. The Bertz CT molecular complexity index is 766. The molecular formula is C19H18BrNO3. The molecule has 0 N–H and O–H groups in total. The van der Waals surface area contributed by atoms with Crippen LogP contribution in [0.25, 0.3) is 0 Å². The Morgan fingerprint density at radius 1 is 1.08 bits per heavy atom. The number of hydrogen-bond donors (Lipinski definition) is 0. The Balaban J connectivity index is 1.63. The van der Waals surface area contributed by atoms with E-state index >= 15 is 0 Å². The highest BCUT2D eigenvalue weighted by molar-refractivity contribution is 9.09. The fourth-order valence-corrected chi connectivity index (χ4v) is 3.92. The number of fused-ring (bicyclic) bond motifs is 1. The fourth-order valence-electron chi connectivity index (χ4n) is 3.39. The molecule has 2 heterocycles. The summed E-state index contributed by atoms with van der Waals surface area (Å²) in [5.74, 6) is -0.702. The number of rotatable bonds is 3. The quantitative estimate of drug-likeness (QED) is 0.751. The van der Waals surface area contributed by atoms with Gasteiger partial charge < -0.3 is 14.4 Å². The molecule has 1 atom stereocenters. The van der Waals surface area contributed by atoms with Crippen LogP contribution >= 0.6 is 15.9 Å². The van der Waals surface area contributed by atoms with E-state index in [2.05, 4.69) is 15.9 Å². The molecule has 4 rings (SSSR count). The number of nitrogens with zero attached hydrogens (tertiary/aromatic N) is 1. The highest BCUT2D eigenvalue weighted by Crippen LogP contribution is 2.39. The number of hydrogen-bond acceptors (Lipinski definition) is 3. The fraction of sp³-hybridized carbons (Fsp3) is 0.316. The van der Waals surface area contributed by atoms with E-state index in [1.807, 2.05) is 55.5 Å². The van der Waals surface area contributed by atoms with Crippen LogP contribution in [-0.2, 0) is 21.8 Å². The molecule has 0 bridgehead atoms. The molecule has 0 spiro atoms. The molecule has 1 saturated heterocycles. The molecule has 5 heteroatoms. The van der Waals surface area contributed by atoms with Crippen molar-refractivity contribution < 1.29 is 14.3 Å². The van der Waals surface area contributed by atoms with Crippen molar-refractivity contribution in [3.63, 3.8) is 0 Å². The number of benzene rings is 2. The lowest BCUT2D eigenvalue weighted by atomic mass is 10.0. The molecular weight excluding hydrogens is 370 g/mol. The molecule has 2 aliphatic heterocycles. The van der Waals surface area contributed by atoms with Crippen molar-refractivity contribution in [3.05, 3.63) is 65.2 Å². The lowest BCUT2D eigenvalue weighted by Gasteiger charge is -2.31. The van der Waals surface area contributed by atoms with Gasteiger partial charge in [-0.05, 0) is 30.7 Å². The predicted octanol–water partition coefficient (Wildman–Crippen LogP) is 3.83. The van der Waals surface area contributed by atoms with Gasteiger partial charge in [-0.3, -0.25) is 4.79 Å². The Hall–Kier alpha value is -1.69. The second-order valence-corrected chi connectivity index (χ2v) is 7.45. The van der Waals surface area contributed by atoms with Gasteiger partial charge in [-0.25, -0.2) is 0 Å². The van der Waals surface area contributed by atoms with Gasteiger partial charge in [0.2, 0.25) is 5.79 Å². The minimum absolute atomic E-state index is 0.0241. The maximum atomic E-state index is 12.6. The second kappa shape index (κ2) is 5.99. The number of amides is 1. The van der Waals surface area contributed by atoms with E-state index in [0.717, 1.165) is 22.4 Å². The summed E-state index contributed by atoms with van der Waals surface area (Å²) < 4.78 is 11.8. The maximum absolute atomic E-state index is 12.6. The lowest BCUT2D eigenvalue weighted by Crippen LogP contribution is -2.35. The summed E-state index contributed by atoms with van der Waals surface area (Å²) in [5.41, 5.74) is 3.70. The van der Waals surface area contributed by atoms with Gasteiger partial charge in [-0.15, -0.1) is 0 Å². The van der Waals surface area contributed by atoms with Crippen molar-refractivity contribution in [1.82, 2.24) is 0 Å². The van der Waals surface area contributed by atoms with Crippen LogP contribution in [0.2, 0.25) is 0 Å². The standard InChI is InChI=1S/C19H18BrNO3/c1-13(20)19(23-10-11-24-19)15-6-8-16(9-7-15)21-12-14-4-2-3-5-17(14)18(21)22/h2-9,13H,10-12H2,1H3. The van der Waals surface area contributed by atoms with Gasteiger partial charge in [0.05, 0.1) is 24.6 Å². The van der Waals surface area contributed by atoms with Gasteiger partial charge in [0.15, 0.2) is 0 Å². The minimum Gasteiger partial charge on any atom is -0.343 e. The van der Waals surface area contributed by atoms with Gasteiger partial charge in [0, 0.05) is 16.8 Å². The van der Waals surface area contributed by atoms with E-state index in [1.54, 1.807) is 4.90 Å². The molecule has 4 nitrogen and oxygen atoms in total. The van der Waals surface area contributed by atoms with Crippen molar-refractivity contribution in [2.75, 3.05) is 18.1 Å². The number of alkyl halides is 1. The first-order valence-corrected chi connectivity index (χ1v) is 8.96. The van der Waals surface area contributed by atoms with Crippen molar-refractivity contribution in [1.29, 1.82) is 0 Å². The van der Waals surface area contributed by atoms with Gasteiger partial charge in [-0.1, -0.05) is 46.3 Å². The molecule has 0 saturated carbocycles. The van der Waals surface area contributed by atoms with Crippen LogP contribution in [0.3, 0.4) is 0 Å². The summed E-state index contributed by atoms with van der Waals surface area (Å²) in [5, 5.41) is 0. The molecule has 2 aliphatic rings. The highest BCUT2D eigenvalue weighted by Gasteiger charge is 2.43. The van der Waals surface area contributed by atoms with Crippen LogP contribution in [0.4, 0.5) is 5.69 Å². The highest BCUT2D eigenvalue weighted by atomic mass is 79.9. The molecule has 0 radical (unpaired) electrons. The first kappa shape index (κ1) is 15.8. The van der Waals surface area contributed by atoms with Crippen LogP contribution < -0.4 is 4.90 Å². The normalized spacial score (nSPS) is 20.2. The van der Waals surface area contributed by atoms with Crippen molar-refractivity contribution >= 4 is 27.5 Å². The third-order valence-electron chi connectivity index (χ3n) is 4.64. The van der Waals surface area contributed by atoms with E-state index in [9.17, 15) is 4.79 Å². The van der Waals surface area contributed by atoms with Gasteiger partial charge in [0.1, 0.15) is 0 Å². The summed E-state index contributed by atoms with van der Waals surface area (Å²) >= 11 is 3.59. The lowest BCUT2D eigenvalue weighted by molar-refractivity contribution is -0.161. The van der Waals surface area contributed by atoms with Crippen LogP contribution in [0.15, 0.2) is 48.5 Å². The van der Waals surface area contributed by atoms with Crippen LogP contribution in [0.5, 0.6) is 0 Å². The summed E-state index contributed by atoms with van der Waals surface area (Å²) in [6.45, 7) is 3.79. The molecule has 24 heavy (non-hydrogen) atoms. The molecule has 1 amide bonds. The largest absolute Gasteiger partial charge is 0.343 e. The second-order valence-electron chi connectivity index (χ2n) is 6.08. The average molecular weight is 388 g/mol. The number of ether oxygens (including phenoxy) is 2. The average Bonchev–Trinajstić information content (AvgIpc) is 3.22. The van der Waals surface area contributed by atoms with E-state index in [-0.39, 0.29) is 10.7 Å². The Morgan fingerprint density at radius 2 is 1.75 bits per heavy atom. The van der Waals surface area contributed by atoms with Crippen LogP contribution in [-0.4, -0.2) is 23.9 Å². The molecule has 2 aromatic carbocycles. The van der Waals surface area contributed by atoms with Crippen LogP contribution in [0, 0.1) is 0 Å². The molecule has 1 unspecified atom stereocenters. The zero-order chi connectivity index (χ0) is 16.7. The topological polar surface area (TPSA) is 38.8 Å². The zero-order valence-electron chi connectivity index (χ0n) is 13.4. The first-order chi connectivity index (χ1) is 11.6. The maximum Gasteiger partial charge on any atom is 0.258 e. The van der Waals surface area contributed by atoms with Gasteiger partial charge in [-0.2, -0.15) is 0 Å². The minimum atomic E-state index is -0.753. The van der Waals surface area contributed by atoms with E-state index in [1.165, 1.54) is 0 Å². The molecule has 124 valence electrons. The van der Waals surface area contributed by atoms with E-state index in [4.69, 9.17) is 9.47 Å². The van der Waals surface area contributed by atoms with Gasteiger partial charge >= 0.3 is 0 Å². The Labute approximate surface area is 149 Å². The summed E-state index contributed by atoms with van der Waals surface area (Å²) in [6, 6.07) is 15.6. The molecule has 2 aromatic rings. The smallest absolute Gasteiger partial charge is 0.258 e. The third kappa shape index (κ3) is 2.39.